The van der Waals surface area contributed by atoms with Gasteiger partial charge in [-0.25, -0.2) is 0 Å². The molecule has 0 radical (unpaired) electrons. The van der Waals surface area contributed by atoms with Crippen molar-refractivity contribution in [1.82, 2.24) is 4.98 Å². The molecule has 1 aromatic heterocycles. The van der Waals surface area contributed by atoms with Crippen molar-refractivity contribution in [3.05, 3.63) is 41.6 Å². The first-order valence-electron chi connectivity index (χ1n) is 9.63. The second-order valence-corrected chi connectivity index (χ2v) is 8.51. The van der Waals surface area contributed by atoms with Crippen molar-refractivity contribution < 1.29 is 4.79 Å². The quantitative estimate of drug-likeness (QED) is 0.768. The predicted octanol–water partition coefficient (Wildman–Crippen LogP) is 5.58. The van der Waals surface area contributed by atoms with Gasteiger partial charge >= 0.3 is 0 Å². The van der Waals surface area contributed by atoms with Crippen LogP contribution in [0.5, 0.6) is 0 Å². The van der Waals surface area contributed by atoms with Crippen LogP contribution in [-0.2, 0) is 6.42 Å². The Bertz CT molecular complexity index is 767. The van der Waals surface area contributed by atoms with Crippen LogP contribution in [0.4, 0.5) is 5.82 Å². The normalized spacial score (nSPS) is 20.3. The first-order valence-corrected chi connectivity index (χ1v) is 9.63. The van der Waals surface area contributed by atoms with Crippen LogP contribution in [0.2, 0.25) is 0 Å². The number of H-pyrrole nitrogens is 1. The van der Waals surface area contributed by atoms with Gasteiger partial charge in [0.2, 0.25) is 0 Å². The highest BCUT2D eigenvalue weighted by molar-refractivity contribution is 6.07. The number of aromatic nitrogens is 1. The van der Waals surface area contributed by atoms with Gasteiger partial charge < -0.3 is 10.3 Å². The zero-order valence-electron chi connectivity index (χ0n) is 15.3. The minimum Gasteiger partial charge on any atom is -0.368 e. The van der Waals surface area contributed by atoms with Crippen molar-refractivity contribution in [2.75, 3.05) is 5.32 Å². The number of carbonyl (C=O) groups excluding carboxylic acids is 1. The van der Waals surface area contributed by atoms with E-state index in [1.54, 1.807) is 0 Å². The molecule has 1 heterocycles. The Labute approximate surface area is 150 Å². The Morgan fingerprint density at radius 1 is 1.00 bits per heavy atom. The van der Waals surface area contributed by atoms with E-state index in [0.29, 0.717) is 12.5 Å². The van der Waals surface area contributed by atoms with Crippen LogP contribution in [0.25, 0.3) is 11.1 Å². The lowest BCUT2D eigenvalue weighted by Gasteiger charge is -2.28. The molecule has 0 aliphatic heterocycles. The molecule has 0 spiro atoms. The first-order chi connectivity index (χ1) is 12.0. The Balaban J connectivity index is 1.79. The number of anilines is 1. The number of rotatable bonds is 3. The summed E-state index contributed by atoms with van der Waals surface area (Å²) < 4.78 is 0. The van der Waals surface area contributed by atoms with Crippen LogP contribution in [0.15, 0.2) is 30.3 Å². The highest BCUT2D eigenvalue weighted by atomic mass is 16.1. The van der Waals surface area contributed by atoms with Crippen LogP contribution in [0, 0.1) is 5.41 Å². The summed E-state index contributed by atoms with van der Waals surface area (Å²) in [5.74, 6) is 1.33. The number of fused-ring (bicyclic) bond motifs is 1. The van der Waals surface area contributed by atoms with Crippen LogP contribution < -0.4 is 5.32 Å². The maximum atomic E-state index is 13.0. The standard InChI is InChI=1S/C22H28N2O/c1-22(2)13-17-20(18(25)14-22)19(15-9-5-3-6-10-15)21(24-17)23-16-11-7-4-8-12-16/h3,5-6,9-10,16,23-24H,4,7-8,11-14H2,1-2H3. The lowest BCUT2D eigenvalue weighted by molar-refractivity contribution is 0.0912. The molecule has 132 valence electrons. The lowest BCUT2D eigenvalue weighted by Crippen LogP contribution is -2.26. The number of ketones is 1. The molecule has 2 aromatic rings. The zero-order valence-corrected chi connectivity index (χ0v) is 15.3. The first kappa shape index (κ1) is 16.4. The molecule has 4 rings (SSSR count). The second-order valence-electron chi connectivity index (χ2n) is 8.51. The van der Waals surface area contributed by atoms with E-state index in [9.17, 15) is 4.79 Å². The van der Waals surface area contributed by atoms with Gasteiger partial charge in [-0.05, 0) is 30.2 Å². The summed E-state index contributed by atoms with van der Waals surface area (Å²) in [6, 6.07) is 10.9. The van der Waals surface area contributed by atoms with E-state index < -0.39 is 0 Å². The maximum absolute atomic E-state index is 13.0. The van der Waals surface area contributed by atoms with E-state index in [1.807, 2.05) is 6.07 Å². The maximum Gasteiger partial charge on any atom is 0.165 e. The van der Waals surface area contributed by atoms with Crippen LogP contribution in [0.3, 0.4) is 0 Å². The summed E-state index contributed by atoms with van der Waals surface area (Å²) in [4.78, 5) is 16.6. The monoisotopic (exact) mass is 336 g/mol. The van der Waals surface area contributed by atoms with E-state index in [0.717, 1.165) is 34.6 Å². The number of carbonyl (C=O) groups is 1. The smallest absolute Gasteiger partial charge is 0.165 e. The lowest BCUT2D eigenvalue weighted by atomic mass is 9.75. The summed E-state index contributed by atoms with van der Waals surface area (Å²) in [5, 5.41) is 3.75. The molecule has 1 fully saturated rings. The van der Waals surface area contributed by atoms with Crippen molar-refractivity contribution in [2.45, 2.75) is 64.8 Å². The highest BCUT2D eigenvalue weighted by Gasteiger charge is 2.36. The third kappa shape index (κ3) is 3.24. The van der Waals surface area contributed by atoms with E-state index in [-0.39, 0.29) is 11.2 Å². The van der Waals surface area contributed by atoms with Gasteiger partial charge in [0.25, 0.3) is 0 Å². The predicted molar refractivity (Wildman–Crippen MR) is 103 cm³/mol. The molecule has 2 aliphatic rings. The summed E-state index contributed by atoms with van der Waals surface area (Å²) in [6.45, 7) is 4.37. The number of hydrogen-bond acceptors (Lipinski definition) is 2. The molecular weight excluding hydrogens is 308 g/mol. The largest absolute Gasteiger partial charge is 0.368 e. The van der Waals surface area contributed by atoms with Gasteiger partial charge in [-0.15, -0.1) is 0 Å². The minimum absolute atomic E-state index is 0.0327. The van der Waals surface area contributed by atoms with Crippen molar-refractivity contribution in [2.24, 2.45) is 5.41 Å². The number of Topliss-reactive ketones (excluding diaryl/α,β-unsaturated/α-hetero) is 1. The van der Waals surface area contributed by atoms with Crippen molar-refractivity contribution in [1.29, 1.82) is 0 Å². The minimum atomic E-state index is 0.0327. The van der Waals surface area contributed by atoms with Crippen molar-refractivity contribution >= 4 is 11.6 Å². The third-order valence-corrected chi connectivity index (χ3v) is 5.67. The summed E-state index contributed by atoms with van der Waals surface area (Å²) >= 11 is 0. The van der Waals surface area contributed by atoms with Gasteiger partial charge in [0, 0.05) is 29.3 Å². The molecule has 1 aromatic carbocycles. The zero-order chi connectivity index (χ0) is 17.4. The molecule has 1 saturated carbocycles. The average molecular weight is 336 g/mol. The van der Waals surface area contributed by atoms with Crippen LogP contribution in [0.1, 0.15) is 68.4 Å². The van der Waals surface area contributed by atoms with E-state index in [2.05, 4.69) is 48.4 Å². The summed E-state index contributed by atoms with van der Waals surface area (Å²) in [7, 11) is 0. The van der Waals surface area contributed by atoms with Crippen molar-refractivity contribution in [3.63, 3.8) is 0 Å². The van der Waals surface area contributed by atoms with Crippen LogP contribution in [-0.4, -0.2) is 16.8 Å². The Hall–Kier alpha value is -2.03. The molecule has 0 atom stereocenters. The van der Waals surface area contributed by atoms with Gasteiger partial charge in [0.1, 0.15) is 5.82 Å². The fourth-order valence-electron chi connectivity index (χ4n) is 4.51. The van der Waals surface area contributed by atoms with E-state index >= 15 is 0 Å². The average Bonchev–Trinajstić information content (AvgIpc) is 2.93. The van der Waals surface area contributed by atoms with Gasteiger partial charge in [-0.2, -0.15) is 0 Å². The summed E-state index contributed by atoms with van der Waals surface area (Å²) in [6.07, 6.45) is 7.93. The van der Waals surface area contributed by atoms with Gasteiger partial charge in [0.05, 0.1) is 0 Å². The molecule has 0 amide bonds. The van der Waals surface area contributed by atoms with Crippen molar-refractivity contribution in [3.8, 4) is 11.1 Å². The molecule has 0 unspecified atom stereocenters. The van der Waals surface area contributed by atoms with Gasteiger partial charge in [-0.3, -0.25) is 4.79 Å². The van der Waals surface area contributed by atoms with E-state index in [4.69, 9.17) is 0 Å². The number of benzene rings is 1. The topological polar surface area (TPSA) is 44.9 Å². The second kappa shape index (κ2) is 6.36. The Morgan fingerprint density at radius 2 is 1.72 bits per heavy atom. The molecule has 25 heavy (non-hydrogen) atoms. The fourth-order valence-corrected chi connectivity index (χ4v) is 4.51. The SMILES string of the molecule is CC1(C)CC(=O)c2c([nH]c(NC3CCCCC3)c2-c2ccccc2)C1. The Kier molecular flexibility index (Phi) is 4.18. The molecule has 0 bridgehead atoms. The molecule has 2 N–H and O–H groups in total. The number of nitrogens with one attached hydrogen (secondary N) is 2. The van der Waals surface area contributed by atoms with Gasteiger partial charge in [0.15, 0.2) is 5.78 Å². The molecule has 0 saturated heterocycles. The molecule has 3 nitrogen and oxygen atoms in total. The number of hydrogen-bond donors (Lipinski definition) is 2. The van der Waals surface area contributed by atoms with Crippen LogP contribution >= 0.6 is 0 Å². The molecule has 2 aliphatic carbocycles. The highest BCUT2D eigenvalue weighted by Crippen LogP contribution is 2.43. The molecule has 3 heteroatoms. The number of aromatic amines is 1. The Morgan fingerprint density at radius 3 is 2.44 bits per heavy atom. The molecular formula is C22H28N2O. The van der Waals surface area contributed by atoms with Gasteiger partial charge in [-0.1, -0.05) is 63.4 Å². The fraction of sp³-hybridized carbons (Fsp3) is 0.500. The van der Waals surface area contributed by atoms with E-state index in [1.165, 1.54) is 32.1 Å². The summed E-state index contributed by atoms with van der Waals surface area (Å²) in [5.41, 5.74) is 4.28. The third-order valence-electron chi connectivity index (χ3n) is 5.67.